The van der Waals surface area contributed by atoms with Gasteiger partial charge in [-0.05, 0) is 47.4 Å². The Morgan fingerprint density at radius 1 is 1.30 bits per heavy atom. The summed E-state index contributed by atoms with van der Waals surface area (Å²) < 4.78 is 12.4. The Hall–Kier alpha value is -3.03. The van der Waals surface area contributed by atoms with Gasteiger partial charge in [0.25, 0.3) is 0 Å². The number of rotatable bonds is 7. The highest BCUT2D eigenvalue weighted by Crippen LogP contribution is 2.36. The summed E-state index contributed by atoms with van der Waals surface area (Å²) in [5, 5.41) is 17.4. The van der Waals surface area contributed by atoms with Crippen LogP contribution in [-0.4, -0.2) is 52.4 Å². The minimum Gasteiger partial charge on any atom is -0.488 e. The number of ether oxygens (including phenoxy) is 2. The fraction of sp³-hybridized carbons (Fsp3) is 0.360. The van der Waals surface area contributed by atoms with Gasteiger partial charge in [0.15, 0.2) is 5.15 Å². The maximum Gasteiger partial charge on any atom is 0.309 e. The molecule has 172 valence electrons. The number of fused-ring (bicyclic) bond motifs is 2. The summed E-state index contributed by atoms with van der Waals surface area (Å²) in [5.41, 5.74) is 4.08. The molecule has 0 spiro atoms. The number of hydrogen-bond donors (Lipinski definition) is 2. The Balaban J connectivity index is 1.30. The molecule has 8 heteroatoms. The SMILES string of the molecule is CC(C)C(Oc1ccc2c(c1)OCC(CN1CC(C(=O)O)C1)=C2)c1ccc2[nH]nc(Cl)c2c1. The summed E-state index contributed by atoms with van der Waals surface area (Å²) in [7, 11) is 0. The van der Waals surface area contributed by atoms with E-state index in [-0.39, 0.29) is 17.9 Å². The van der Waals surface area contributed by atoms with Crippen molar-refractivity contribution in [1.82, 2.24) is 15.1 Å². The number of carbonyl (C=O) groups is 1. The van der Waals surface area contributed by atoms with Gasteiger partial charge in [0.05, 0.1) is 11.4 Å². The number of halogens is 1. The van der Waals surface area contributed by atoms with Gasteiger partial charge in [-0.25, -0.2) is 0 Å². The Morgan fingerprint density at radius 2 is 2.12 bits per heavy atom. The van der Waals surface area contributed by atoms with E-state index in [0.717, 1.165) is 45.6 Å². The highest BCUT2D eigenvalue weighted by atomic mass is 35.5. The van der Waals surface area contributed by atoms with Gasteiger partial charge in [-0.15, -0.1) is 0 Å². The highest BCUT2D eigenvalue weighted by Gasteiger charge is 2.33. The molecule has 33 heavy (non-hydrogen) atoms. The van der Waals surface area contributed by atoms with Crippen LogP contribution in [0.2, 0.25) is 5.15 Å². The van der Waals surface area contributed by atoms with Gasteiger partial charge >= 0.3 is 5.97 Å². The second-order valence-electron chi connectivity index (χ2n) is 9.12. The van der Waals surface area contributed by atoms with Crippen LogP contribution < -0.4 is 9.47 Å². The lowest BCUT2D eigenvalue weighted by Crippen LogP contribution is -2.51. The van der Waals surface area contributed by atoms with Crippen LogP contribution in [0.1, 0.15) is 31.1 Å². The summed E-state index contributed by atoms with van der Waals surface area (Å²) in [6.07, 6.45) is 1.98. The molecule has 0 aliphatic carbocycles. The first-order valence-electron chi connectivity index (χ1n) is 11.1. The van der Waals surface area contributed by atoms with Crippen LogP contribution in [0.5, 0.6) is 11.5 Å². The lowest BCUT2D eigenvalue weighted by molar-refractivity contribution is -0.147. The van der Waals surface area contributed by atoms with Crippen LogP contribution in [0.25, 0.3) is 17.0 Å². The smallest absolute Gasteiger partial charge is 0.309 e. The fourth-order valence-corrected chi connectivity index (χ4v) is 4.61. The van der Waals surface area contributed by atoms with Gasteiger partial charge in [-0.1, -0.05) is 31.5 Å². The number of carboxylic acid groups (broad SMARTS) is 1. The second-order valence-corrected chi connectivity index (χ2v) is 9.48. The summed E-state index contributed by atoms with van der Waals surface area (Å²) in [5.74, 6) is 0.809. The van der Waals surface area contributed by atoms with E-state index in [1.165, 1.54) is 0 Å². The molecule has 2 aliphatic rings. The van der Waals surface area contributed by atoms with E-state index in [0.29, 0.717) is 24.8 Å². The van der Waals surface area contributed by atoms with Crippen LogP contribution in [0.4, 0.5) is 0 Å². The van der Waals surface area contributed by atoms with E-state index < -0.39 is 5.97 Å². The van der Waals surface area contributed by atoms with Gasteiger partial charge in [0.2, 0.25) is 0 Å². The zero-order valence-corrected chi connectivity index (χ0v) is 19.3. The molecule has 2 N–H and O–H groups in total. The van der Waals surface area contributed by atoms with E-state index in [9.17, 15) is 4.79 Å². The average molecular weight is 468 g/mol. The second kappa shape index (κ2) is 8.72. The van der Waals surface area contributed by atoms with Crippen molar-refractivity contribution in [2.24, 2.45) is 11.8 Å². The molecule has 0 saturated carbocycles. The third kappa shape index (κ3) is 4.43. The molecule has 7 nitrogen and oxygen atoms in total. The molecule has 2 aliphatic heterocycles. The summed E-state index contributed by atoms with van der Waals surface area (Å²) in [6, 6.07) is 11.9. The van der Waals surface area contributed by atoms with Crippen LogP contribution in [0, 0.1) is 11.8 Å². The molecule has 2 aromatic carbocycles. The zero-order valence-electron chi connectivity index (χ0n) is 18.5. The van der Waals surface area contributed by atoms with Crippen LogP contribution in [0.15, 0.2) is 42.0 Å². The van der Waals surface area contributed by atoms with Gasteiger partial charge in [-0.3, -0.25) is 14.8 Å². The maximum atomic E-state index is 11.0. The van der Waals surface area contributed by atoms with Crippen molar-refractivity contribution >= 4 is 34.5 Å². The van der Waals surface area contributed by atoms with Crippen molar-refractivity contribution in [1.29, 1.82) is 0 Å². The van der Waals surface area contributed by atoms with Crippen LogP contribution in [0.3, 0.4) is 0 Å². The molecule has 5 rings (SSSR count). The lowest BCUT2D eigenvalue weighted by atomic mass is 9.97. The Bertz CT molecular complexity index is 1230. The third-order valence-corrected chi connectivity index (χ3v) is 6.52. The zero-order chi connectivity index (χ0) is 23.1. The topological polar surface area (TPSA) is 87.7 Å². The number of aliphatic carboxylic acids is 1. The number of nitrogens with zero attached hydrogens (tertiary/aromatic N) is 2. The minimum atomic E-state index is -0.717. The molecule has 3 aromatic rings. The predicted molar refractivity (Wildman–Crippen MR) is 127 cm³/mol. The standard InChI is InChI=1S/C25H26ClN3O4/c1-14(2)23(17-4-6-21-20(8-17)24(26)28-27-21)33-19-5-3-16-7-15(13-32-22(16)9-19)10-29-11-18(12-29)25(30)31/h3-9,14,18,23H,10-13H2,1-2H3,(H,27,28)(H,30,31). The molecule has 0 amide bonds. The van der Waals surface area contributed by atoms with Gasteiger partial charge in [0.1, 0.15) is 24.2 Å². The fourth-order valence-electron chi connectivity index (χ4n) is 4.41. The number of benzene rings is 2. The monoisotopic (exact) mass is 467 g/mol. The number of aromatic amines is 1. The number of carboxylic acids is 1. The van der Waals surface area contributed by atoms with Crippen molar-refractivity contribution in [3.63, 3.8) is 0 Å². The van der Waals surface area contributed by atoms with Crippen molar-refractivity contribution in [3.8, 4) is 11.5 Å². The molecular formula is C25H26ClN3O4. The molecule has 1 unspecified atom stereocenters. The molecule has 1 fully saturated rings. The molecule has 1 atom stereocenters. The first kappa shape index (κ1) is 21.8. The average Bonchev–Trinajstić information content (AvgIpc) is 3.13. The maximum absolute atomic E-state index is 11.0. The van der Waals surface area contributed by atoms with E-state index in [1.54, 1.807) is 0 Å². The van der Waals surface area contributed by atoms with Crippen molar-refractivity contribution in [2.75, 3.05) is 26.2 Å². The molecular weight excluding hydrogens is 442 g/mol. The summed E-state index contributed by atoms with van der Waals surface area (Å²) >= 11 is 6.21. The number of hydrogen-bond acceptors (Lipinski definition) is 5. The quantitative estimate of drug-likeness (QED) is 0.519. The lowest BCUT2D eigenvalue weighted by Gasteiger charge is -2.37. The Kier molecular flexibility index (Phi) is 5.76. The van der Waals surface area contributed by atoms with Crippen molar-refractivity contribution in [2.45, 2.75) is 20.0 Å². The van der Waals surface area contributed by atoms with Gasteiger partial charge < -0.3 is 14.6 Å². The molecule has 0 radical (unpaired) electrons. The van der Waals surface area contributed by atoms with Crippen LogP contribution in [-0.2, 0) is 4.79 Å². The van der Waals surface area contributed by atoms with E-state index >= 15 is 0 Å². The molecule has 1 saturated heterocycles. The molecule has 1 aromatic heterocycles. The number of nitrogens with one attached hydrogen (secondary N) is 1. The number of aromatic nitrogens is 2. The largest absolute Gasteiger partial charge is 0.488 e. The van der Waals surface area contributed by atoms with Crippen molar-refractivity contribution < 1.29 is 19.4 Å². The highest BCUT2D eigenvalue weighted by molar-refractivity contribution is 6.34. The number of H-pyrrole nitrogens is 1. The summed E-state index contributed by atoms with van der Waals surface area (Å²) in [6.45, 7) is 6.67. The minimum absolute atomic E-state index is 0.151. The first-order valence-corrected chi connectivity index (χ1v) is 11.5. The van der Waals surface area contributed by atoms with Crippen molar-refractivity contribution in [3.05, 3.63) is 58.3 Å². The predicted octanol–water partition coefficient (Wildman–Crippen LogP) is 4.78. The summed E-state index contributed by atoms with van der Waals surface area (Å²) in [4.78, 5) is 13.1. The van der Waals surface area contributed by atoms with Crippen LogP contribution >= 0.6 is 11.6 Å². The molecule has 3 heterocycles. The van der Waals surface area contributed by atoms with E-state index in [4.69, 9.17) is 26.2 Å². The normalized spacial score (nSPS) is 17.3. The Morgan fingerprint density at radius 3 is 2.88 bits per heavy atom. The third-order valence-electron chi connectivity index (χ3n) is 6.23. The van der Waals surface area contributed by atoms with E-state index in [1.807, 2.05) is 36.4 Å². The van der Waals surface area contributed by atoms with Gasteiger partial charge in [0, 0.05) is 36.7 Å². The van der Waals surface area contributed by atoms with Gasteiger partial charge in [-0.2, -0.15) is 5.10 Å². The number of likely N-dealkylation sites (tertiary alicyclic amines) is 1. The molecule has 0 bridgehead atoms. The Labute approximate surface area is 196 Å². The first-order chi connectivity index (χ1) is 15.9. The van der Waals surface area contributed by atoms with E-state index in [2.05, 4.69) is 35.0 Å².